The van der Waals surface area contributed by atoms with Crippen molar-refractivity contribution in [2.45, 2.75) is 0 Å². The Morgan fingerprint density at radius 3 is 2.39 bits per heavy atom. The minimum absolute atomic E-state index is 0.673. The van der Waals surface area contributed by atoms with Crippen molar-refractivity contribution in [1.82, 2.24) is 4.98 Å². The molecule has 0 saturated heterocycles. The number of rotatable bonds is 2. The Labute approximate surface area is 106 Å². The van der Waals surface area contributed by atoms with Gasteiger partial charge in [-0.15, -0.1) is 0 Å². The summed E-state index contributed by atoms with van der Waals surface area (Å²) < 4.78 is 5.38. The number of hydrogen-bond donors (Lipinski definition) is 0. The molecule has 1 aromatic heterocycles. The molecule has 0 atom stereocenters. The SMILES string of the molecule is COc1nc(-c2ccccc2)cc2ccccc12. The lowest BCUT2D eigenvalue weighted by molar-refractivity contribution is 0.404. The Balaban J connectivity index is 2.26. The van der Waals surface area contributed by atoms with Gasteiger partial charge in [-0.3, -0.25) is 0 Å². The molecule has 0 aliphatic carbocycles. The molecule has 88 valence electrons. The van der Waals surface area contributed by atoms with E-state index < -0.39 is 0 Å². The zero-order chi connectivity index (χ0) is 12.4. The molecule has 0 spiro atoms. The Hall–Kier alpha value is -2.35. The standard InChI is InChI=1S/C16H13NO/c1-18-16-14-10-6-5-9-13(14)11-15(17-16)12-7-3-2-4-8-12/h2-11H,1H3. The first-order valence-corrected chi connectivity index (χ1v) is 5.87. The van der Waals surface area contributed by atoms with Crippen molar-refractivity contribution in [2.24, 2.45) is 0 Å². The van der Waals surface area contributed by atoms with E-state index in [1.165, 1.54) is 0 Å². The fourth-order valence-corrected chi connectivity index (χ4v) is 2.08. The van der Waals surface area contributed by atoms with Gasteiger partial charge in [0, 0.05) is 10.9 Å². The summed E-state index contributed by atoms with van der Waals surface area (Å²) in [5.41, 5.74) is 2.03. The van der Waals surface area contributed by atoms with Gasteiger partial charge in [-0.1, -0.05) is 48.5 Å². The largest absolute Gasteiger partial charge is 0.481 e. The van der Waals surface area contributed by atoms with Gasteiger partial charge in [0.1, 0.15) is 0 Å². The second-order valence-corrected chi connectivity index (χ2v) is 4.10. The van der Waals surface area contributed by atoms with E-state index >= 15 is 0 Å². The van der Waals surface area contributed by atoms with Gasteiger partial charge < -0.3 is 4.74 Å². The molecule has 0 bridgehead atoms. The molecule has 0 saturated carbocycles. The molecule has 2 heteroatoms. The first-order valence-electron chi connectivity index (χ1n) is 5.87. The Kier molecular flexibility index (Phi) is 2.69. The van der Waals surface area contributed by atoms with Crippen molar-refractivity contribution in [3.63, 3.8) is 0 Å². The van der Waals surface area contributed by atoms with Crippen molar-refractivity contribution in [1.29, 1.82) is 0 Å². The van der Waals surface area contributed by atoms with E-state index in [1.807, 2.05) is 36.4 Å². The van der Waals surface area contributed by atoms with Crippen LogP contribution in [0.1, 0.15) is 0 Å². The molecule has 1 heterocycles. The maximum absolute atomic E-state index is 5.38. The molecule has 0 aliphatic heterocycles. The second-order valence-electron chi connectivity index (χ2n) is 4.10. The van der Waals surface area contributed by atoms with Crippen molar-refractivity contribution < 1.29 is 4.74 Å². The van der Waals surface area contributed by atoms with Crippen LogP contribution in [-0.4, -0.2) is 12.1 Å². The predicted molar refractivity (Wildman–Crippen MR) is 73.7 cm³/mol. The summed E-state index contributed by atoms with van der Waals surface area (Å²) >= 11 is 0. The molecular formula is C16H13NO. The topological polar surface area (TPSA) is 22.1 Å². The van der Waals surface area contributed by atoms with Gasteiger partial charge >= 0.3 is 0 Å². The monoisotopic (exact) mass is 235 g/mol. The highest BCUT2D eigenvalue weighted by atomic mass is 16.5. The van der Waals surface area contributed by atoms with Gasteiger partial charge in [-0.05, 0) is 17.5 Å². The molecule has 0 aliphatic rings. The summed E-state index contributed by atoms with van der Waals surface area (Å²) in [5.74, 6) is 0.673. The van der Waals surface area contributed by atoms with Crippen LogP contribution < -0.4 is 4.74 Å². The smallest absolute Gasteiger partial charge is 0.221 e. The lowest BCUT2D eigenvalue weighted by Crippen LogP contribution is -1.92. The average molecular weight is 235 g/mol. The number of aromatic nitrogens is 1. The van der Waals surface area contributed by atoms with Crippen LogP contribution in [0.2, 0.25) is 0 Å². The van der Waals surface area contributed by atoms with Gasteiger partial charge in [0.15, 0.2) is 0 Å². The molecule has 18 heavy (non-hydrogen) atoms. The quantitative estimate of drug-likeness (QED) is 0.671. The Morgan fingerprint density at radius 1 is 0.889 bits per heavy atom. The van der Waals surface area contributed by atoms with Gasteiger partial charge in [0.05, 0.1) is 12.8 Å². The van der Waals surface area contributed by atoms with Crippen LogP contribution in [0.4, 0.5) is 0 Å². The molecule has 3 aromatic rings. The van der Waals surface area contributed by atoms with Crippen LogP contribution in [0.15, 0.2) is 60.7 Å². The van der Waals surface area contributed by atoms with Gasteiger partial charge in [-0.2, -0.15) is 0 Å². The predicted octanol–water partition coefficient (Wildman–Crippen LogP) is 3.91. The van der Waals surface area contributed by atoms with Crippen molar-refractivity contribution in [2.75, 3.05) is 7.11 Å². The van der Waals surface area contributed by atoms with Gasteiger partial charge in [-0.25, -0.2) is 4.98 Å². The fourth-order valence-electron chi connectivity index (χ4n) is 2.08. The summed E-state index contributed by atoms with van der Waals surface area (Å²) in [4.78, 5) is 4.57. The molecular weight excluding hydrogens is 222 g/mol. The lowest BCUT2D eigenvalue weighted by atomic mass is 10.1. The normalized spacial score (nSPS) is 10.5. The van der Waals surface area contributed by atoms with Crippen LogP contribution in [0.25, 0.3) is 22.0 Å². The van der Waals surface area contributed by atoms with E-state index in [1.54, 1.807) is 7.11 Å². The van der Waals surface area contributed by atoms with E-state index in [2.05, 4.69) is 29.2 Å². The molecule has 2 aromatic carbocycles. The highest BCUT2D eigenvalue weighted by molar-refractivity contribution is 5.89. The lowest BCUT2D eigenvalue weighted by Gasteiger charge is -2.08. The number of ether oxygens (including phenoxy) is 1. The molecule has 0 radical (unpaired) electrons. The highest BCUT2D eigenvalue weighted by Gasteiger charge is 2.06. The third-order valence-corrected chi connectivity index (χ3v) is 2.97. The van der Waals surface area contributed by atoms with E-state index in [-0.39, 0.29) is 0 Å². The van der Waals surface area contributed by atoms with Crippen molar-refractivity contribution in [3.8, 4) is 17.1 Å². The summed E-state index contributed by atoms with van der Waals surface area (Å²) in [5, 5.41) is 2.18. The molecule has 3 rings (SSSR count). The van der Waals surface area contributed by atoms with Crippen LogP contribution in [-0.2, 0) is 0 Å². The second kappa shape index (κ2) is 4.49. The van der Waals surface area contributed by atoms with Crippen LogP contribution in [0, 0.1) is 0 Å². The van der Waals surface area contributed by atoms with E-state index in [0.29, 0.717) is 5.88 Å². The number of fused-ring (bicyclic) bond motifs is 1. The minimum Gasteiger partial charge on any atom is -0.481 e. The number of nitrogens with zero attached hydrogens (tertiary/aromatic N) is 1. The number of pyridine rings is 1. The fraction of sp³-hybridized carbons (Fsp3) is 0.0625. The van der Waals surface area contributed by atoms with E-state index in [4.69, 9.17) is 4.74 Å². The number of hydrogen-bond acceptors (Lipinski definition) is 2. The maximum Gasteiger partial charge on any atom is 0.221 e. The maximum atomic E-state index is 5.38. The molecule has 0 N–H and O–H groups in total. The van der Waals surface area contributed by atoms with Crippen LogP contribution in [0.5, 0.6) is 5.88 Å². The highest BCUT2D eigenvalue weighted by Crippen LogP contribution is 2.28. The zero-order valence-corrected chi connectivity index (χ0v) is 10.1. The first kappa shape index (κ1) is 10.8. The molecule has 0 unspecified atom stereocenters. The number of methoxy groups -OCH3 is 1. The third-order valence-electron chi connectivity index (χ3n) is 2.97. The van der Waals surface area contributed by atoms with Crippen LogP contribution >= 0.6 is 0 Å². The molecule has 2 nitrogen and oxygen atoms in total. The summed E-state index contributed by atoms with van der Waals surface area (Å²) in [6.45, 7) is 0. The first-order chi connectivity index (χ1) is 8.88. The van der Waals surface area contributed by atoms with Crippen molar-refractivity contribution in [3.05, 3.63) is 60.7 Å². The Bertz CT molecular complexity index is 677. The minimum atomic E-state index is 0.673. The summed E-state index contributed by atoms with van der Waals surface area (Å²) in [7, 11) is 1.66. The number of benzene rings is 2. The molecule has 0 fully saturated rings. The van der Waals surface area contributed by atoms with Crippen LogP contribution in [0.3, 0.4) is 0 Å². The summed E-state index contributed by atoms with van der Waals surface area (Å²) in [6.07, 6.45) is 0. The van der Waals surface area contributed by atoms with Gasteiger partial charge in [0.25, 0.3) is 0 Å². The van der Waals surface area contributed by atoms with Crippen molar-refractivity contribution >= 4 is 10.8 Å². The molecule has 0 amide bonds. The Morgan fingerprint density at radius 2 is 1.61 bits per heavy atom. The van der Waals surface area contributed by atoms with Gasteiger partial charge in [0.2, 0.25) is 5.88 Å². The van der Waals surface area contributed by atoms with E-state index in [0.717, 1.165) is 22.0 Å². The third kappa shape index (κ3) is 1.82. The average Bonchev–Trinajstić information content (AvgIpc) is 2.47. The zero-order valence-electron chi connectivity index (χ0n) is 10.1. The van der Waals surface area contributed by atoms with E-state index in [9.17, 15) is 0 Å². The summed E-state index contributed by atoms with van der Waals surface area (Å²) in [6, 6.07) is 20.3.